The quantitative estimate of drug-likeness (QED) is 0.494. The van der Waals surface area contributed by atoms with E-state index < -0.39 is 17.6 Å². The molecule has 178 valence electrons. The number of rotatable bonds is 10. The van der Waals surface area contributed by atoms with E-state index in [9.17, 15) is 14.4 Å². The Morgan fingerprint density at radius 3 is 2.18 bits per heavy atom. The van der Waals surface area contributed by atoms with Gasteiger partial charge in [-0.25, -0.2) is 4.79 Å². The van der Waals surface area contributed by atoms with Gasteiger partial charge >= 0.3 is 12.1 Å². The van der Waals surface area contributed by atoms with Crippen LogP contribution in [0.2, 0.25) is 0 Å². The number of amides is 2. The number of fused-ring (bicyclic) bond motifs is 3. The third kappa shape index (κ3) is 4.93. The number of nitrogens with one attached hydrogen (secondary N) is 2. The molecule has 1 atom stereocenters. The van der Waals surface area contributed by atoms with Crippen LogP contribution in [-0.4, -0.2) is 41.8 Å². The van der Waals surface area contributed by atoms with Crippen molar-refractivity contribution in [2.45, 2.75) is 50.0 Å². The summed E-state index contributed by atoms with van der Waals surface area (Å²) < 4.78 is 5.61. The van der Waals surface area contributed by atoms with E-state index in [1.54, 1.807) is 0 Å². The molecule has 0 bridgehead atoms. The number of alkyl carbamates (subject to hydrolysis) is 1. The predicted molar refractivity (Wildman–Crippen MR) is 126 cm³/mol. The highest BCUT2D eigenvalue weighted by atomic mass is 16.5. The van der Waals surface area contributed by atoms with Gasteiger partial charge in [-0.05, 0) is 59.8 Å². The van der Waals surface area contributed by atoms with Crippen LogP contribution >= 0.6 is 0 Å². The second-order valence-electron chi connectivity index (χ2n) is 9.91. The van der Waals surface area contributed by atoms with Gasteiger partial charge in [0.1, 0.15) is 6.61 Å². The van der Waals surface area contributed by atoms with Gasteiger partial charge in [-0.3, -0.25) is 9.59 Å². The minimum atomic E-state index is -0.895. The molecule has 0 spiro atoms. The molecule has 2 amide bonds. The van der Waals surface area contributed by atoms with Crippen molar-refractivity contribution in [1.82, 2.24) is 10.6 Å². The standard InChI is InChI=1S/C27H30N2O5/c30-24(29-27(11-12-27)14-25(31)32)13-18(17-9-10-17)15-28-26(33)34-16-23-21-7-3-1-5-19(21)20-6-2-4-8-22(20)23/h1-8,17-18,23H,9-16H2,(H,28,33)(H,29,30)(H,31,32). The second-order valence-corrected chi connectivity index (χ2v) is 9.91. The zero-order valence-corrected chi connectivity index (χ0v) is 19.1. The Labute approximate surface area is 198 Å². The van der Waals surface area contributed by atoms with Crippen molar-refractivity contribution in [3.63, 3.8) is 0 Å². The van der Waals surface area contributed by atoms with Crippen LogP contribution in [0.25, 0.3) is 11.1 Å². The molecule has 7 heteroatoms. The smallest absolute Gasteiger partial charge is 0.407 e. The molecule has 3 aliphatic rings. The molecule has 0 heterocycles. The van der Waals surface area contributed by atoms with E-state index in [1.165, 1.54) is 22.3 Å². The molecule has 1 unspecified atom stereocenters. The molecule has 0 saturated heterocycles. The number of carbonyl (C=O) groups is 3. The number of ether oxygens (including phenoxy) is 1. The Balaban J connectivity index is 1.13. The molecule has 7 nitrogen and oxygen atoms in total. The van der Waals surface area contributed by atoms with Crippen molar-refractivity contribution in [2.75, 3.05) is 13.2 Å². The highest BCUT2D eigenvalue weighted by Crippen LogP contribution is 2.44. The first kappa shape index (κ1) is 22.4. The van der Waals surface area contributed by atoms with Gasteiger partial charge in [0.05, 0.1) is 12.0 Å². The Bertz CT molecular complexity index is 1060. The first-order chi connectivity index (χ1) is 16.4. The lowest BCUT2D eigenvalue weighted by atomic mass is 9.98. The van der Waals surface area contributed by atoms with Crippen molar-refractivity contribution in [3.8, 4) is 11.1 Å². The summed E-state index contributed by atoms with van der Waals surface area (Å²) in [5.74, 6) is -0.582. The van der Waals surface area contributed by atoms with Gasteiger partial charge in [-0.15, -0.1) is 0 Å². The second kappa shape index (κ2) is 9.12. The lowest BCUT2D eigenvalue weighted by molar-refractivity contribution is -0.138. The third-order valence-corrected chi connectivity index (χ3v) is 7.34. The van der Waals surface area contributed by atoms with Crippen LogP contribution in [0.5, 0.6) is 0 Å². The molecule has 0 radical (unpaired) electrons. The monoisotopic (exact) mass is 462 g/mol. The number of carboxylic acid groups (broad SMARTS) is 1. The van der Waals surface area contributed by atoms with Gasteiger partial charge in [-0.2, -0.15) is 0 Å². The number of hydrogen-bond donors (Lipinski definition) is 3. The number of benzene rings is 2. The van der Waals surface area contributed by atoms with Gasteiger partial charge in [0.15, 0.2) is 0 Å². The van der Waals surface area contributed by atoms with Gasteiger partial charge < -0.3 is 20.5 Å². The highest BCUT2D eigenvalue weighted by molar-refractivity contribution is 5.80. The van der Waals surface area contributed by atoms with Crippen molar-refractivity contribution in [1.29, 1.82) is 0 Å². The Morgan fingerprint density at radius 2 is 1.62 bits per heavy atom. The van der Waals surface area contributed by atoms with E-state index in [2.05, 4.69) is 34.9 Å². The van der Waals surface area contributed by atoms with Gasteiger partial charge in [0.2, 0.25) is 5.91 Å². The van der Waals surface area contributed by atoms with Crippen molar-refractivity contribution < 1.29 is 24.2 Å². The first-order valence-corrected chi connectivity index (χ1v) is 12.1. The molecule has 2 fully saturated rings. The highest BCUT2D eigenvalue weighted by Gasteiger charge is 2.46. The third-order valence-electron chi connectivity index (χ3n) is 7.34. The zero-order valence-electron chi connectivity index (χ0n) is 19.1. The summed E-state index contributed by atoms with van der Waals surface area (Å²) in [7, 11) is 0. The summed E-state index contributed by atoms with van der Waals surface area (Å²) in [5, 5.41) is 14.8. The van der Waals surface area contributed by atoms with Crippen LogP contribution in [-0.2, 0) is 14.3 Å². The molecule has 34 heavy (non-hydrogen) atoms. The molecule has 2 aromatic carbocycles. The van der Waals surface area contributed by atoms with Crippen LogP contribution < -0.4 is 10.6 Å². The molecule has 2 saturated carbocycles. The van der Waals surface area contributed by atoms with E-state index in [-0.39, 0.29) is 37.2 Å². The van der Waals surface area contributed by atoms with Gasteiger partial charge in [-0.1, -0.05) is 48.5 Å². The average molecular weight is 463 g/mol. The van der Waals surface area contributed by atoms with Crippen LogP contribution in [0.4, 0.5) is 4.79 Å². The zero-order chi connectivity index (χ0) is 23.7. The van der Waals surface area contributed by atoms with Crippen LogP contribution in [0.15, 0.2) is 48.5 Å². The Hall–Kier alpha value is -3.35. The Morgan fingerprint density at radius 1 is 1.00 bits per heavy atom. The molecule has 2 aromatic rings. The number of hydrogen-bond acceptors (Lipinski definition) is 4. The van der Waals surface area contributed by atoms with Crippen molar-refractivity contribution >= 4 is 18.0 Å². The van der Waals surface area contributed by atoms with Crippen molar-refractivity contribution in [3.05, 3.63) is 59.7 Å². The largest absolute Gasteiger partial charge is 0.481 e. The van der Waals surface area contributed by atoms with Crippen LogP contribution in [0.3, 0.4) is 0 Å². The summed E-state index contributed by atoms with van der Waals surface area (Å²) in [6, 6.07) is 16.4. The normalized spacial score (nSPS) is 18.4. The first-order valence-electron chi connectivity index (χ1n) is 12.1. The molecule has 3 N–H and O–H groups in total. The lowest BCUT2D eigenvalue weighted by Gasteiger charge is -2.20. The van der Waals surface area contributed by atoms with E-state index in [1.807, 2.05) is 24.3 Å². The number of carboxylic acids is 1. The summed E-state index contributed by atoms with van der Waals surface area (Å²) in [6.45, 7) is 0.632. The summed E-state index contributed by atoms with van der Waals surface area (Å²) in [4.78, 5) is 36.1. The summed E-state index contributed by atoms with van der Waals surface area (Å²) >= 11 is 0. The topological polar surface area (TPSA) is 105 Å². The summed E-state index contributed by atoms with van der Waals surface area (Å²) in [6.07, 6.45) is 3.28. The maximum absolute atomic E-state index is 12.6. The van der Waals surface area contributed by atoms with E-state index in [4.69, 9.17) is 9.84 Å². The fourth-order valence-electron chi connectivity index (χ4n) is 5.21. The number of aliphatic carboxylic acids is 1. The molecule has 0 aromatic heterocycles. The summed E-state index contributed by atoms with van der Waals surface area (Å²) in [5.41, 5.74) is 4.13. The SMILES string of the molecule is O=C(O)CC1(NC(=O)CC(CNC(=O)OCC2c3ccccc3-c3ccccc32)C2CC2)CC1. The molecular formula is C27H30N2O5. The van der Waals surface area contributed by atoms with E-state index in [0.29, 0.717) is 25.3 Å². The molecule has 5 rings (SSSR count). The van der Waals surface area contributed by atoms with Crippen LogP contribution in [0, 0.1) is 11.8 Å². The fraction of sp³-hybridized carbons (Fsp3) is 0.444. The van der Waals surface area contributed by atoms with Crippen LogP contribution in [0.1, 0.15) is 55.6 Å². The molecule has 0 aliphatic heterocycles. The lowest BCUT2D eigenvalue weighted by Crippen LogP contribution is -2.41. The average Bonchev–Trinajstić information content (AvgIpc) is 3.74. The Kier molecular flexibility index (Phi) is 6.02. The minimum absolute atomic E-state index is 0.00660. The maximum atomic E-state index is 12.6. The van der Waals surface area contributed by atoms with E-state index >= 15 is 0 Å². The van der Waals surface area contributed by atoms with Crippen molar-refractivity contribution in [2.24, 2.45) is 11.8 Å². The maximum Gasteiger partial charge on any atom is 0.407 e. The van der Waals surface area contributed by atoms with Gasteiger partial charge in [0, 0.05) is 18.9 Å². The molecule has 3 aliphatic carbocycles. The minimum Gasteiger partial charge on any atom is -0.481 e. The fourth-order valence-corrected chi connectivity index (χ4v) is 5.21. The van der Waals surface area contributed by atoms with E-state index in [0.717, 1.165) is 12.8 Å². The number of carbonyl (C=O) groups excluding carboxylic acids is 2. The molecular weight excluding hydrogens is 432 g/mol. The predicted octanol–water partition coefficient (Wildman–Crippen LogP) is 4.06. The van der Waals surface area contributed by atoms with Gasteiger partial charge in [0.25, 0.3) is 0 Å².